The molecule has 2 aliphatic rings. The van der Waals surface area contributed by atoms with Crippen LogP contribution in [0, 0.1) is 54.2 Å². The maximum absolute atomic E-state index is 13.6. The van der Waals surface area contributed by atoms with E-state index in [2.05, 4.69) is 0 Å². The highest BCUT2D eigenvalue weighted by atomic mass is 32.2. The molecule has 0 saturated heterocycles. The van der Waals surface area contributed by atoms with Gasteiger partial charge in [-0.05, 0) is 54.9 Å². The van der Waals surface area contributed by atoms with Gasteiger partial charge in [-0.25, -0.2) is 4.39 Å². The zero-order valence-corrected chi connectivity index (χ0v) is 22.0. The van der Waals surface area contributed by atoms with Crippen LogP contribution in [0.15, 0.2) is 23.1 Å². The Kier molecular flexibility index (Phi) is 9.38. The van der Waals surface area contributed by atoms with Gasteiger partial charge in [0, 0.05) is 10.6 Å². The second-order valence-electron chi connectivity index (χ2n) is 9.91. The van der Waals surface area contributed by atoms with Crippen LogP contribution in [0.5, 0.6) is 0 Å². The summed E-state index contributed by atoms with van der Waals surface area (Å²) in [5.41, 5.74) is 0.540. The summed E-state index contributed by atoms with van der Waals surface area (Å²) in [5, 5.41) is 0. The van der Waals surface area contributed by atoms with Crippen LogP contribution in [0.3, 0.4) is 0 Å². The van der Waals surface area contributed by atoms with Crippen molar-refractivity contribution in [2.75, 3.05) is 19.3 Å². The summed E-state index contributed by atoms with van der Waals surface area (Å²) >= 11 is 1.51. The molecule has 8 nitrogen and oxygen atoms in total. The van der Waals surface area contributed by atoms with Gasteiger partial charge < -0.3 is 18.9 Å². The summed E-state index contributed by atoms with van der Waals surface area (Å²) < 4.78 is 33.9. The normalized spacial score (nSPS) is 24.3. The Hall–Kier alpha value is -2.62. The number of carbonyl (C=O) groups excluding carboxylic acids is 4. The quantitative estimate of drug-likeness (QED) is 0.240. The average Bonchev–Trinajstić information content (AvgIpc) is 3.39. The highest BCUT2D eigenvalue weighted by molar-refractivity contribution is 7.99. The number of fused-ring (bicyclic) bond motifs is 1. The smallest absolute Gasteiger partial charge is 0.312 e. The minimum atomic E-state index is -0.572. The zero-order chi connectivity index (χ0) is 26.6. The van der Waals surface area contributed by atoms with Crippen molar-refractivity contribution < 1.29 is 42.5 Å². The largest absolute Gasteiger partial charge is 0.428 e. The van der Waals surface area contributed by atoms with E-state index in [4.69, 9.17) is 18.9 Å². The lowest BCUT2D eigenvalue weighted by Gasteiger charge is -2.22. The maximum atomic E-state index is 13.6. The SMILES string of the molecule is Cc1cc(SCC2CC3C(C(=O)OCOC(=O)C(C)C)C3C2C(=O)OCOC(=O)C(C)C)ccc1F. The molecule has 0 radical (unpaired) electrons. The van der Waals surface area contributed by atoms with E-state index in [-0.39, 0.29) is 35.4 Å². The van der Waals surface area contributed by atoms with Gasteiger partial charge in [0.2, 0.25) is 13.6 Å². The van der Waals surface area contributed by atoms with Crippen LogP contribution >= 0.6 is 11.8 Å². The summed E-state index contributed by atoms with van der Waals surface area (Å²) in [4.78, 5) is 49.7. The molecule has 1 aromatic carbocycles. The summed E-state index contributed by atoms with van der Waals surface area (Å²) in [6.45, 7) is 7.45. The van der Waals surface area contributed by atoms with Gasteiger partial charge in [0.25, 0.3) is 0 Å². The highest BCUT2D eigenvalue weighted by Gasteiger charge is 2.67. The van der Waals surface area contributed by atoms with E-state index < -0.39 is 49.3 Å². The molecule has 0 spiro atoms. The molecule has 5 unspecified atom stereocenters. The summed E-state index contributed by atoms with van der Waals surface area (Å²) in [6, 6.07) is 4.86. The van der Waals surface area contributed by atoms with Gasteiger partial charge in [-0.2, -0.15) is 0 Å². The minimum absolute atomic E-state index is 0.0466. The van der Waals surface area contributed by atoms with Crippen LogP contribution in [-0.2, 0) is 38.1 Å². The minimum Gasteiger partial charge on any atom is -0.428 e. The predicted octanol–water partition coefficient (Wildman–Crippen LogP) is 4.12. The first-order chi connectivity index (χ1) is 17.0. The molecule has 1 aromatic rings. The summed E-state index contributed by atoms with van der Waals surface area (Å²) in [7, 11) is 0. The van der Waals surface area contributed by atoms with Crippen molar-refractivity contribution >= 4 is 35.6 Å². The molecule has 36 heavy (non-hydrogen) atoms. The van der Waals surface area contributed by atoms with Crippen molar-refractivity contribution in [2.24, 2.45) is 41.4 Å². The van der Waals surface area contributed by atoms with Crippen LogP contribution in [-0.4, -0.2) is 43.2 Å². The molecule has 10 heteroatoms. The number of benzene rings is 1. The number of hydrogen-bond donors (Lipinski definition) is 0. The lowest BCUT2D eigenvalue weighted by atomic mass is 9.90. The molecule has 0 aromatic heterocycles. The number of esters is 4. The van der Waals surface area contributed by atoms with Gasteiger partial charge in [0.1, 0.15) is 5.82 Å². The van der Waals surface area contributed by atoms with E-state index in [0.717, 1.165) is 4.90 Å². The topological polar surface area (TPSA) is 105 Å². The number of hydrogen-bond acceptors (Lipinski definition) is 9. The lowest BCUT2D eigenvalue weighted by molar-refractivity contribution is -0.173. The Morgan fingerprint density at radius 2 is 1.47 bits per heavy atom. The van der Waals surface area contributed by atoms with Crippen LogP contribution in [0.1, 0.15) is 39.7 Å². The van der Waals surface area contributed by atoms with Crippen LogP contribution in [0.4, 0.5) is 4.39 Å². The van der Waals surface area contributed by atoms with Crippen LogP contribution < -0.4 is 0 Å². The average molecular weight is 525 g/mol. The molecule has 0 bridgehead atoms. The fraction of sp³-hybridized carbons (Fsp3) is 0.615. The van der Waals surface area contributed by atoms with Crippen LogP contribution in [0.2, 0.25) is 0 Å². The van der Waals surface area contributed by atoms with Gasteiger partial charge in [0.15, 0.2) is 0 Å². The van der Waals surface area contributed by atoms with Gasteiger partial charge in [-0.3, -0.25) is 19.2 Å². The fourth-order valence-electron chi connectivity index (χ4n) is 4.58. The second kappa shape index (κ2) is 12.1. The molecule has 2 fully saturated rings. The van der Waals surface area contributed by atoms with E-state index in [1.54, 1.807) is 46.8 Å². The van der Waals surface area contributed by atoms with E-state index >= 15 is 0 Å². The molecular formula is C26H33FO8S. The Morgan fingerprint density at radius 3 is 2.00 bits per heavy atom. The number of carbonyl (C=O) groups is 4. The van der Waals surface area contributed by atoms with E-state index in [9.17, 15) is 23.6 Å². The first-order valence-corrected chi connectivity index (χ1v) is 13.0. The molecule has 5 atom stereocenters. The van der Waals surface area contributed by atoms with E-state index in [1.807, 2.05) is 0 Å². The second-order valence-corrected chi connectivity index (χ2v) is 11.0. The maximum Gasteiger partial charge on any atom is 0.312 e. The number of thioether (sulfide) groups is 1. The molecule has 198 valence electrons. The van der Waals surface area contributed by atoms with E-state index in [1.165, 1.54) is 17.8 Å². The molecule has 0 aliphatic heterocycles. The first kappa shape index (κ1) is 28.0. The zero-order valence-electron chi connectivity index (χ0n) is 21.2. The number of aryl methyl sites for hydroxylation is 1. The Morgan fingerprint density at radius 1 is 0.917 bits per heavy atom. The fourth-order valence-corrected chi connectivity index (χ4v) is 5.76. The van der Waals surface area contributed by atoms with Crippen molar-refractivity contribution in [2.45, 2.75) is 45.9 Å². The third kappa shape index (κ3) is 6.78. The molecule has 3 rings (SSSR count). The van der Waals surface area contributed by atoms with Crippen molar-refractivity contribution in [1.82, 2.24) is 0 Å². The Labute approximate surface area is 214 Å². The van der Waals surface area contributed by atoms with Gasteiger partial charge in [0.05, 0.1) is 23.7 Å². The standard InChI is InChI=1S/C26H33FO8S/c1-13(2)23(28)32-11-34-25(30)20-16(10-36-17-6-7-19(27)15(5)8-17)9-18-21(20)22(18)26(31)35-12-33-24(29)14(3)4/h6-8,13-14,16,18,20-22H,9-12H2,1-5H3. The number of halogens is 1. The summed E-state index contributed by atoms with van der Waals surface area (Å²) in [5.74, 6) is -3.80. The molecular weight excluding hydrogens is 491 g/mol. The predicted molar refractivity (Wildman–Crippen MR) is 128 cm³/mol. The highest BCUT2D eigenvalue weighted by Crippen LogP contribution is 2.64. The third-order valence-electron chi connectivity index (χ3n) is 6.61. The lowest BCUT2D eigenvalue weighted by Crippen LogP contribution is -2.30. The van der Waals surface area contributed by atoms with Crippen molar-refractivity contribution in [3.05, 3.63) is 29.6 Å². The van der Waals surface area contributed by atoms with E-state index in [0.29, 0.717) is 17.7 Å². The third-order valence-corrected chi connectivity index (χ3v) is 7.79. The van der Waals surface area contributed by atoms with Crippen molar-refractivity contribution in [3.8, 4) is 0 Å². The summed E-state index contributed by atoms with van der Waals surface area (Å²) in [6.07, 6.45) is 0.620. The number of ether oxygens (including phenoxy) is 4. The Balaban J connectivity index is 1.61. The van der Waals surface area contributed by atoms with Gasteiger partial charge in [-0.1, -0.05) is 27.7 Å². The van der Waals surface area contributed by atoms with Crippen LogP contribution in [0.25, 0.3) is 0 Å². The van der Waals surface area contributed by atoms with Crippen molar-refractivity contribution in [1.29, 1.82) is 0 Å². The molecule has 2 saturated carbocycles. The van der Waals surface area contributed by atoms with Gasteiger partial charge in [-0.15, -0.1) is 11.8 Å². The molecule has 0 heterocycles. The Bertz CT molecular complexity index is 994. The van der Waals surface area contributed by atoms with Crippen molar-refractivity contribution in [3.63, 3.8) is 0 Å². The molecule has 2 aliphatic carbocycles. The molecule has 0 amide bonds. The first-order valence-electron chi connectivity index (χ1n) is 12.1. The number of rotatable bonds is 11. The van der Waals surface area contributed by atoms with Gasteiger partial charge >= 0.3 is 23.9 Å². The molecule has 0 N–H and O–H groups in total. The monoisotopic (exact) mass is 524 g/mol.